The van der Waals surface area contributed by atoms with Gasteiger partial charge >= 0.3 is 0 Å². The first-order chi connectivity index (χ1) is 13.2. The van der Waals surface area contributed by atoms with Crippen LogP contribution in [0.5, 0.6) is 0 Å². The van der Waals surface area contributed by atoms with Crippen molar-refractivity contribution in [2.75, 3.05) is 6.54 Å². The average molecular weight is 400 g/mol. The van der Waals surface area contributed by atoms with Crippen molar-refractivity contribution in [3.63, 3.8) is 0 Å². The molecule has 0 bridgehead atoms. The maximum Gasteiger partial charge on any atom is 0.263 e. The molecular weight excluding hydrogens is 382 g/mol. The Balaban J connectivity index is 1.44. The van der Waals surface area contributed by atoms with Gasteiger partial charge in [-0.25, -0.2) is 4.98 Å². The molecule has 4 aromatic rings. The molecule has 4 rings (SSSR count). The number of rotatable bonds is 7. The van der Waals surface area contributed by atoms with Crippen LogP contribution >= 0.6 is 22.7 Å². The second kappa shape index (κ2) is 7.85. The van der Waals surface area contributed by atoms with Crippen LogP contribution in [0.1, 0.15) is 6.42 Å². The standard InChI is InChI=1S/C18H17N5O2S2/c24-15(19-5-2-7-23-8-3-6-21-23)10-22-12-20-17-16(18(22)25)13(11-27-17)14-4-1-9-26-14/h1,3-4,6,8-9,11-12H,2,5,7,10H2,(H,19,24). The third-order valence-corrected chi connectivity index (χ3v) is 5.90. The summed E-state index contributed by atoms with van der Waals surface area (Å²) in [4.78, 5) is 31.1. The van der Waals surface area contributed by atoms with Crippen LogP contribution < -0.4 is 10.9 Å². The molecule has 4 aromatic heterocycles. The maximum absolute atomic E-state index is 12.9. The van der Waals surface area contributed by atoms with Gasteiger partial charge in [0, 0.05) is 41.3 Å². The van der Waals surface area contributed by atoms with E-state index >= 15 is 0 Å². The zero-order valence-corrected chi connectivity index (χ0v) is 16.0. The van der Waals surface area contributed by atoms with Gasteiger partial charge in [-0.3, -0.25) is 18.8 Å². The predicted octanol–water partition coefficient (Wildman–Crippen LogP) is 2.59. The highest BCUT2D eigenvalue weighted by atomic mass is 32.1. The number of aromatic nitrogens is 4. The summed E-state index contributed by atoms with van der Waals surface area (Å²) >= 11 is 3.02. The second-order valence-electron chi connectivity index (χ2n) is 5.96. The van der Waals surface area contributed by atoms with Crippen molar-refractivity contribution in [2.24, 2.45) is 0 Å². The number of carbonyl (C=O) groups is 1. The summed E-state index contributed by atoms with van der Waals surface area (Å²) in [7, 11) is 0. The number of hydrogen-bond acceptors (Lipinski definition) is 6. The van der Waals surface area contributed by atoms with Crippen LogP contribution in [0.3, 0.4) is 0 Å². The summed E-state index contributed by atoms with van der Waals surface area (Å²) < 4.78 is 3.19. The van der Waals surface area contributed by atoms with Gasteiger partial charge in [0.15, 0.2) is 0 Å². The molecule has 0 aliphatic heterocycles. The lowest BCUT2D eigenvalue weighted by atomic mass is 10.2. The molecule has 0 fully saturated rings. The topological polar surface area (TPSA) is 81.8 Å². The molecule has 0 aromatic carbocycles. The Bertz CT molecular complexity index is 1100. The van der Waals surface area contributed by atoms with Crippen molar-refractivity contribution in [3.05, 3.63) is 58.0 Å². The Morgan fingerprint density at radius 2 is 2.19 bits per heavy atom. The van der Waals surface area contributed by atoms with E-state index in [1.807, 2.05) is 39.8 Å². The van der Waals surface area contributed by atoms with Gasteiger partial charge in [0.1, 0.15) is 11.4 Å². The van der Waals surface area contributed by atoms with E-state index < -0.39 is 0 Å². The normalized spacial score (nSPS) is 11.1. The third-order valence-electron chi connectivity index (χ3n) is 4.11. The Morgan fingerprint density at radius 3 is 2.96 bits per heavy atom. The van der Waals surface area contributed by atoms with Crippen LogP contribution in [0.15, 0.2) is 52.5 Å². The first-order valence-electron chi connectivity index (χ1n) is 8.47. The Hall–Kier alpha value is -2.78. The van der Waals surface area contributed by atoms with Crippen LogP contribution in [0.2, 0.25) is 0 Å². The van der Waals surface area contributed by atoms with Gasteiger partial charge in [0.2, 0.25) is 5.91 Å². The first kappa shape index (κ1) is 17.6. The van der Waals surface area contributed by atoms with Gasteiger partial charge in [0.25, 0.3) is 5.56 Å². The minimum absolute atomic E-state index is 0.0384. The van der Waals surface area contributed by atoms with Gasteiger partial charge in [-0.05, 0) is 23.9 Å². The highest BCUT2D eigenvalue weighted by molar-refractivity contribution is 7.18. The molecule has 0 saturated carbocycles. The summed E-state index contributed by atoms with van der Waals surface area (Å²) in [6, 6.07) is 5.80. The van der Waals surface area contributed by atoms with E-state index in [0.29, 0.717) is 16.8 Å². The van der Waals surface area contributed by atoms with Crippen LogP contribution in [-0.2, 0) is 17.9 Å². The molecule has 0 radical (unpaired) electrons. The molecule has 1 amide bonds. The largest absolute Gasteiger partial charge is 0.354 e. The van der Waals surface area contributed by atoms with E-state index in [4.69, 9.17) is 0 Å². The lowest BCUT2D eigenvalue weighted by Gasteiger charge is -2.08. The average Bonchev–Trinajstić information content (AvgIpc) is 3.41. The number of carbonyl (C=O) groups excluding carboxylic acids is 1. The number of nitrogens with one attached hydrogen (secondary N) is 1. The van der Waals surface area contributed by atoms with E-state index in [1.165, 1.54) is 22.2 Å². The summed E-state index contributed by atoms with van der Waals surface area (Å²) in [6.45, 7) is 1.23. The summed E-state index contributed by atoms with van der Waals surface area (Å²) in [5.74, 6) is -0.202. The molecule has 0 aliphatic carbocycles. The maximum atomic E-state index is 12.9. The van der Waals surface area contributed by atoms with Crippen LogP contribution in [-0.4, -0.2) is 31.8 Å². The second-order valence-corrected chi connectivity index (χ2v) is 7.76. The number of aryl methyl sites for hydroxylation is 1. The minimum Gasteiger partial charge on any atom is -0.354 e. The molecule has 138 valence electrons. The van der Waals surface area contributed by atoms with Crippen LogP contribution in [0.25, 0.3) is 20.7 Å². The van der Waals surface area contributed by atoms with Gasteiger partial charge in [-0.15, -0.1) is 22.7 Å². The fraction of sp³-hybridized carbons (Fsp3) is 0.222. The van der Waals surface area contributed by atoms with Gasteiger partial charge < -0.3 is 5.32 Å². The van der Waals surface area contributed by atoms with Crippen molar-refractivity contribution in [2.45, 2.75) is 19.5 Å². The van der Waals surface area contributed by atoms with E-state index in [1.54, 1.807) is 17.5 Å². The molecule has 0 atom stereocenters. The lowest BCUT2D eigenvalue weighted by Crippen LogP contribution is -2.33. The number of amides is 1. The quantitative estimate of drug-likeness (QED) is 0.484. The monoisotopic (exact) mass is 399 g/mol. The van der Waals surface area contributed by atoms with E-state index in [0.717, 1.165) is 23.4 Å². The molecule has 9 heteroatoms. The number of thiophene rings is 2. The number of fused-ring (bicyclic) bond motifs is 1. The minimum atomic E-state index is -0.202. The summed E-state index contributed by atoms with van der Waals surface area (Å²) in [6.07, 6.45) is 5.83. The SMILES string of the molecule is O=C(Cn1cnc2scc(-c3cccs3)c2c1=O)NCCCn1cccn1. The Kier molecular flexibility index (Phi) is 5.12. The van der Waals surface area contributed by atoms with Crippen molar-refractivity contribution in [1.82, 2.24) is 24.6 Å². The zero-order valence-electron chi connectivity index (χ0n) is 14.4. The van der Waals surface area contributed by atoms with E-state index in [9.17, 15) is 9.59 Å². The van der Waals surface area contributed by atoms with Crippen molar-refractivity contribution in [3.8, 4) is 10.4 Å². The molecular formula is C18H17N5O2S2. The van der Waals surface area contributed by atoms with Crippen molar-refractivity contribution in [1.29, 1.82) is 0 Å². The van der Waals surface area contributed by atoms with E-state index in [-0.39, 0.29) is 18.0 Å². The van der Waals surface area contributed by atoms with Crippen LogP contribution in [0, 0.1) is 0 Å². The molecule has 7 nitrogen and oxygen atoms in total. The molecule has 1 N–H and O–H groups in total. The molecule has 4 heterocycles. The fourth-order valence-corrected chi connectivity index (χ4v) is 4.53. The van der Waals surface area contributed by atoms with Gasteiger partial charge in [-0.2, -0.15) is 5.10 Å². The first-order valence-corrected chi connectivity index (χ1v) is 10.2. The molecule has 27 heavy (non-hydrogen) atoms. The molecule has 0 spiro atoms. The molecule has 0 unspecified atom stereocenters. The smallest absolute Gasteiger partial charge is 0.263 e. The van der Waals surface area contributed by atoms with E-state index in [2.05, 4.69) is 15.4 Å². The lowest BCUT2D eigenvalue weighted by molar-refractivity contribution is -0.121. The highest BCUT2D eigenvalue weighted by Crippen LogP contribution is 2.33. The van der Waals surface area contributed by atoms with Crippen LogP contribution in [0.4, 0.5) is 0 Å². The molecule has 0 aliphatic rings. The zero-order chi connectivity index (χ0) is 18.6. The fourth-order valence-electron chi connectivity index (χ4n) is 2.81. The Labute approximate surface area is 162 Å². The third kappa shape index (κ3) is 3.83. The van der Waals surface area contributed by atoms with Gasteiger partial charge in [-0.1, -0.05) is 6.07 Å². The summed E-state index contributed by atoms with van der Waals surface area (Å²) in [5, 5.41) is 11.5. The molecule has 0 saturated heterocycles. The summed E-state index contributed by atoms with van der Waals surface area (Å²) in [5.41, 5.74) is 0.702. The van der Waals surface area contributed by atoms with Crippen molar-refractivity contribution < 1.29 is 4.79 Å². The Morgan fingerprint density at radius 1 is 1.26 bits per heavy atom. The highest BCUT2D eigenvalue weighted by Gasteiger charge is 2.15. The van der Waals surface area contributed by atoms with Gasteiger partial charge in [0.05, 0.1) is 11.7 Å². The number of hydrogen-bond donors (Lipinski definition) is 1. The van der Waals surface area contributed by atoms with Crippen molar-refractivity contribution >= 4 is 38.8 Å². The predicted molar refractivity (Wildman–Crippen MR) is 107 cm³/mol. The number of nitrogens with zero attached hydrogens (tertiary/aromatic N) is 4.